The summed E-state index contributed by atoms with van der Waals surface area (Å²) < 4.78 is 0. The highest BCUT2D eigenvalue weighted by Crippen LogP contribution is 2.14. The predicted molar refractivity (Wildman–Crippen MR) is 63.9 cm³/mol. The summed E-state index contributed by atoms with van der Waals surface area (Å²) in [4.78, 5) is 1.61. The normalized spacial score (nSPS) is 10.8. The molecule has 0 saturated heterocycles. The Morgan fingerprint density at radius 2 is 1.38 bits per heavy atom. The van der Waals surface area contributed by atoms with Gasteiger partial charge in [-0.05, 0) is 36.4 Å². The van der Waals surface area contributed by atoms with E-state index in [0.29, 0.717) is 5.02 Å². The van der Waals surface area contributed by atoms with Crippen LogP contribution in [0.2, 0.25) is 5.02 Å². The third-order valence-electron chi connectivity index (χ3n) is 2.34. The topological polar surface area (TPSA) is 30.7 Å². The zero-order valence-electron chi connectivity index (χ0n) is 8.34. The lowest BCUT2D eigenvalue weighted by molar-refractivity contribution is 0.766. The smallest absolute Gasteiger partial charge is 0.113 e. The molecule has 0 N–H and O–H groups in total. The quantitative estimate of drug-likeness (QED) is 0.642. The van der Waals surface area contributed by atoms with Gasteiger partial charge in [0.1, 0.15) is 11.0 Å². The standard InChI is InChI=1S/C12H8ClN3/c13-9-5-7-10(8-6-9)16-14-11-3-1-2-4-12(11)15-16/h1-8H. The van der Waals surface area contributed by atoms with Crippen LogP contribution >= 0.6 is 11.6 Å². The minimum atomic E-state index is 0.709. The fourth-order valence-corrected chi connectivity index (χ4v) is 1.68. The van der Waals surface area contributed by atoms with Crippen molar-refractivity contribution in [2.45, 2.75) is 0 Å². The highest BCUT2D eigenvalue weighted by atomic mass is 35.5. The Morgan fingerprint density at radius 3 is 1.94 bits per heavy atom. The molecule has 78 valence electrons. The van der Waals surface area contributed by atoms with Gasteiger partial charge in [0.05, 0.1) is 5.69 Å². The number of hydrogen-bond acceptors (Lipinski definition) is 2. The average Bonchev–Trinajstić information content (AvgIpc) is 2.73. The van der Waals surface area contributed by atoms with Crippen LogP contribution < -0.4 is 0 Å². The van der Waals surface area contributed by atoms with Gasteiger partial charge in [-0.15, -0.1) is 10.2 Å². The molecule has 3 aromatic rings. The summed E-state index contributed by atoms with van der Waals surface area (Å²) in [5, 5.41) is 9.46. The zero-order chi connectivity index (χ0) is 11.0. The van der Waals surface area contributed by atoms with Gasteiger partial charge >= 0.3 is 0 Å². The Bertz CT molecular complexity index is 595. The van der Waals surface area contributed by atoms with E-state index < -0.39 is 0 Å². The largest absolute Gasteiger partial charge is 0.150 e. The number of aromatic nitrogens is 3. The molecule has 0 radical (unpaired) electrons. The molecular weight excluding hydrogens is 222 g/mol. The van der Waals surface area contributed by atoms with Gasteiger partial charge in [-0.3, -0.25) is 0 Å². The van der Waals surface area contributed by atoms with Crippen LogP contribution in [-0.4, -0.2) is 15.0 Å². The van der Waals surface area contributed by atoms with Crippen molar-refractivity contribution in [2.24, 2.45) is 0 Å². The molecule has 0 aliphatic carbocycles. The van der Waals surface area contributed by atoms with Crippen molar-refractivity contribution in [1.82, 2.24) is 15.0 Å². The van der Waals surface area contributed by atoms with E-state index in [1.54, 1.807) is 4.80 Å². The Labute approximate surface area is 97.3 Å². The van der Waals surface area contributed by atoms with Gasteiger partial charge in [-0.25, -0.2) is 0 Å². The molecule has 0 bridgehead atoms. The molecule has 0 spiro atoms. The van der Waals surface area contributed by atoms with Crippen molar-refractivity contribution in [2.75, 3.05) is 0 Å². The highest BCUT2D eigenvalue weighted by Gasteiger charge is 2.02. The molecule has 0 unspecified atom stereocenters. The molecule has 3 nitrogen and oxygen atoms in total. The molecule has 16 heavy (non-hydrogen) atoms. The molecule has 3 rings (SSSR count). The molecule has 4 heteroatoms. The monoisotopic (exact) mass is 229 g/mol. The second kappa shape index (κ2) is 3.61. The third kappa shape index (κ3) is 1.55. The molecule has 0 fully saturated rings. The average molecular weight is 230 g/mol. The first-order chi connectivity index (χ1) is 7.83. The van der Waals surface area contributed by atoms with Gasteiger partial charge in [-0.1, -0.05) is 23.7 Å². The first kappa shape index (κ1) is 9.36. The SMILES string of the molecule is Clc1ccc(-n2nc3ccccc3n2)cc1. The van der Waals surface area contributed by atoms with E-state index in [4.69, 9.17) is 11.6 Å². The second-order valence-electron chi connectivity index (χ2n) is 3.45. The molecule has 0 amide bonds. The van der Waals surface area contributed by atoms with Crippen molar-refractivity contribution in [3.05, 3.63) is 53.6 Å². The van der Waals surface area contributed by atoms with Gasteiger partial charge in [0.2, 0.25) is 0 Å². The van der Waals surface area contributed by atoms with Crippen LogP contribution in [0, 0.1) is 0 Å². The highest BCUT2D eigenvalue weighted by molar-refractivity contribution is 6.30. The molecular formula is C12H8ClN3. The minimum absolute atomic E-state index is 0.709. The summed E-state index contributed by atoms with van der Waals surface area (Å²) in [6.45, 7) is 0. The van der Waals surface area contributed by atoms with E-state index in [9.17, 15) is 0 Å². The summed E-state index contributed by atoms with van der Waals surface area (Å²) >= 11 is 5.83. The zero-order valence-corrected chi connectivity index (χ0v) is 9.09. The number of halogens is 1. The van der Waals surface area contributed by atoms with Crippen molar-refractivity contribution in [3.8, 4) is 5.69 Å². The number of rotatable bonds is 1. The van der Waals surface area contributed by atoms with Crippen LogP contribution in [0.1, 0.15) is 0 Å². The Hall–Kier alpha value is -1.87. The Balaban J connectivity index is 2.15. The van der Waals surface area contributed by atoms with Gasteiger partial charge < -0.3 is 0 Å². The van der Waals surface area contributed by atoms with E-state index in [-0.39, 0.29) is 0 Å². The maximum Gasteiger partial charge on any atom is 0.113 e. The number of hydrogen-bond donors (Lipinski definition) is 0. The van der Waals surface area contributed by atoms with Crippen molar-refractivity contribution < 1.29 is 0 Å². The van der Waals surface area contributed by atoms with Crippen LogP contribution in [-0.2, 0) is 0 Å². The molecule has 1 heterocycles. The number of nitrogens with zero attached hydrogens (tertiary/aromatic N) is 3. The van der Waals surface area contributed by atoms with E-state index >= 15 is 0 Å². The van der Waals surface area contributed by atoms with E-state index in [2.05, 4.69) is 10.2 Å². The van der Waals surface area contributed by atoms with Gasteiger partial charge in [0.15, 0.2) is 0 Å². The predicted octanol–water partition coefficient (Wildman–Crippen LogP) is 3.07. The minimum Gasteiger partial charge on any atom is -0.150 e. The Morgan fingerprint density at radius 1 is 0.812 bits per heavy atom. The van der Waals surface area contributed by atoms with Crippen molar-refractivity contribution >= 4 is 22.6 Å². The summed E-state index contributed by atoms with van der Waals surface area (Å²) in [5.74, 6) is 0. The molecule has 2 aromatic carbocycles. The fraction of sp³-hybridized carbons (Fsp3) is 0. The second-order valence-corrected chi connectivity index (χ2v) is 3.89. The van der Waals surface area contributed by atoms with Crippen LogP contribution in [0.4, 0.5) is 0 Å². The summed E-state index contributed by atoms with van der Waals surface area (Å²) in [6, 6.07) is 15.2. The summed E-state index contributed by atoms with van der Waals surface area (Å²) in [7, 11) is 0. The maximum atomic E-state index is 5.83. The molecule has 0 aliphatic rings. The molecule has 1 aromatic heterocycles. The third-order valence-corrected chi connectivity index (χ3v) is 2.60. The summed E-state index contributed by atoms with van der Waals surface area (Å²) in [5.41, 5.74) is 2.68. The lowest BCUT2D eigenvalue weighted by Crippen LogP contribution is -1.97. The Kier molecular flexibility index (Phi) is 2.11. The first-order valence-corrected chi connectivity index (χ1v) is 5.29. The first-order valence-electron chi connectivity index (χ1n) is 4.91. The van der Waals surface area contributed by atoms with Crippen LogP contribution in [0.25, 0.3) is 16.7 Å². The van der Waals surface area contributed by atoms with E-state index in [1.165, 1.54) is 0 Å². The molecule has 0 atom stereocenters. The van der Waals surface area contributed by atoms with Crippen molar-refractivity contribution in [1.29, 1.82) is 0 Å². The van der Waals surface area contributed by atoms with E-state index in [1.807, 2.05) is 48.5 Å². The molecule has 0 saturated carbocycles. The van der Waals surface area contributed by atoms with Crippen LogP contribution in [0.15, 0.2) is 48.5 Å². The maximum absolute atomic E-state index is 5.83. The van der Waals surface area contributed by atoms with Gasteiger partial charge in [0, 0.05) is 5.02 Å². The van der Waals surface area contributed by atoms with Gasteiger partial charge in [-0.2, -0.15) is 4.80 Å². The molecule has 0 aliphatic heterocycles. The number of benzene rings is 2. The fourth-order valence-electron chi connectivity index (χ4n) is 1.55. The number of fused-ring (bicyclic) bond motifs is 1. The lowest BCUT2D eigenvalue weighted by Gasteiger charge is -1.97. The van der Waals surface area contributed by atoms with Crippen molar-refractivity contribution in [3.63, 3.8) is 0 Å². The van der Waals surface area contributed by atoms with Crippen LogP contribution in [0.3, 0.4) is 0 Å². The lowest BCUT2D eigenvalue weighted by atomic mass is 10.3. The summed E-state index contributed by atoms with van der Waals surface area (Å²) in [6.07, 6.45) is 0. The van der Waals surface area contributed by atoms with Gasteiger partial charge in [0.25, 0.3) is 0 Å². The van der Waals surface area contributed by atoms with E-state index in [0.717, 1.165) is 16.7 Å². The van der Waals surface area contributed by atoms with Crippen LogP contribution in [0.5, 0.6) is 0 Å².